The molecule has 2 saturated carbocycles. The first-order chi connectivity index (χ1) is 13.3. The Bertz CT molecular complexity index is 323. The minimum atomic E-state index is 0.590. The first-order valence-corrected chi connectivity index (χ1v) is 12.9. The van der Waals surface area contributed by atoms with Crippen LogP contribution in [0.4, 0.5) is 0 Å². The second-order valence-corrected chi connectivity index (χ2v) is 9.81. The smallest absolute Gasteiger partial charge is 0.0575 e. The van der Waals surface area contributed by atoms with Gasteiger partial charge in [0.25, 0.3) is 0 Å². The maximum absolute atomic E-state index is 6.19. The van der Waals surface area contributed by atoms with Crippen molar-refractivity contribution in [2.45, 2.75) is 142 Å². The first kappa shape index (κ1) is 23.2. The summed E-state index contributed by atoms with van der Waals surface area (Å²) in [6, 6.07) is 0. The van der Waals surface area contributed by atoms with Crippen molar-refractivity contribution in [1.29, 1.82) is 0 Å². The van der Waals surface area contributed by atoms with E-state index in [-0.39, 0.29) is 0 Å². The summed E-state index contributed by atoms with van der Waals surface area (Å²) < 4.78 is 6.19. The van der Waals surface area contributed by atoms with Crippen LogP contribution in [0.2, 0.25) is 0 Å². The maximum atomic E-state index is 6.19. The lowest BCUT2D eigenvalue weighted by Crippen LogP contribution is -2.28. The van der Waals surface area contributed by atoms with Crippen LogP contribution in [0.1, 0.15) is 136 Å². The van der Waals surface area contributed by atoms with Gasteiger partial charge in [-0.25, -0.2) is 0 Å². The highest BCUT2D eigenvalue weighted by Crippen LogP contribution is 2.41. The third kappa shape index (κ3) is 9.82. The Morgan fingerprint density at radius 2 is 1.07 bits per heavy atom. The van der Waals surface area contributed by atoms with Gasteiger partial charge in [0, 0.05) is 6.61 Å². The SMILES string of the molecule is CCCCCCCO[C@H]1CC[C@H]([C@H]2CC[C@H](CCCCCCC)CC2)CC1. The minimum absolute atomic E-state index is 0.590. The molecule has 2 fully saturated rings. The summed E-state index contributed by atoms with van der Waals surface area (Å²) in [5.41, 5.74) is 0. The molecule has 2 rings (SSSR count). The van der Waals surface area contributed by atoms with Gasteiger partial charge in [0.2, 0.25) is 0 Å². The zero-order chi connectivity index (χ0) is 19.2. The van der Waals surface area contributed by atoms with Crippen LogP contribution in [0.5, 0.6) is 0 Å². The lowest BCUT2D eigenvalue weighted by atomic mass is 9.70. The second-order valence-electron chi connectivity index (χ2n) is 9.81. The van der Waals surface area contributed by atoms with E-state index in [1.807, 2.05) is 0 Å². The van der Waals surface area contributed by atoms with E-state index >= 15 is 0 Å². The van der Waals surface area contributed by atoms with Crippen molar-refractivity contribution in [2.24, 2.45) is 17.8 Å². The van der Waals surface area contributed by atoms with Crippen molar-refractivity contribution in [1.82, 2.24) is 0 Å². The molecule has 2 aliphatic carbocycles. The highest BCUT2D eigenvalue weighted by molar-refractivity contribution is 4.82. The van der Waals surface area contributed by atoms with Crippen LogP contribution < -0.4 is 0 Å². The molecule has 0 aromatic carbocycles. The molecule has 160 valence electrons. The minimum Gasteiger partial charge on any atom is -0.378 e. The van der Waals surface area contributed by atoms with Crippen molar-refractivity contribution >= 4 is 0 Å². The molecule has 27 heavy (non-hydrogen) atoms. The van der Waals surface area contributed by atoms with Crippen molar-refractivity contribution < 1.29 is 4.74 Å². The van der Waals surface area contributed by atoms with Gasteiger partial charge in [-0.3, -0.25) is 0 Å². The van der Waals surface area contributed by atoms with E-state index in [1.54, 1.807) is 0 Å². The molecule has 0 radical (unpaired) electrons. The highest BCUT2D eigenvalue weighted by Gasteiger charge is 2.30. The van der Waals surface area contributed by atoms with Gasteiger partial charge in [-0.05, 0) is 62.7 Å². The molecule has 0 atom stereocenters. The molecule has 0 bridgehead atoms. The third-order valence-corrected chi connectivity index (χ3v) is 7.59. The van der Waals surface area contributed by atoms with Crippen LogP contribution in [0, 0.1) is 17.8 Å². The molecular weight excluding hydrogens is 328 g/mol. The Balaban J connectivity index is 1.48. The normalized spacial score (nSPS) is 29.1. The summed E-state index contributed by atoms with van der Waals surface area (Å²) in [5.74, 6) is 3.14. The maximum Gasteiger partial charge on any atom is 0.0575 e. The third-order valence-electron chi connectivity index (χ3n) is 7.59. The molecule has 0 spiro atoms. The molecule has 0 N–H and O–H groups in total. The predicted octanol–water partition coefficient (Wildman–Crippen LogP) is 8.70. The predicted molar refractivity (Wildman–Crippen MR) is 119 cm³/mol. The van der Waals surface area contributed by atoms with Crippen LogP contribution in [0.25, 0.3) is 0 Å². The van der Waals surface area contributed by atoms with Crippen molar-refractivity contribution in [3.63, 3.8) is 0 Å². The van der Waals surface area contributed by atoms with Gasteiger partial charge in [-0.2, -0.15) is 0 Å². The van der Waals surface area contributed by atoms with Crippen molar-refractivity contribution in [3.8, 4) is 0 Å². The highest BCUT2D eigenvalue weighted by atomic mass is 16.5. The van der Waals surface area contributed by atoms with Crippen LogP contribution in [0.15, 0.2) is 0 Å². The van der Waals surface area contributed by atoms with E-state index in [2.05, 4.69) is 13.8 Å². The summed E-state index contributed by atoms with van der Waals surface area (Å²) in [4.78, 5) is 0. The lowest BCUT2D eigenvalue weighted by molar-refractivity contribution is 0.00527. The number of hydrogen-bond acceptors (Lipinski definition) is 1. The molecular formula is C26H50O. The molecule has 0 aromatic rings. The van der Waals surface area contributed by atoms with E-state index < -0.39 is 0 Å². The van der Waals surface area contributed by atoms with Gasteiger partial charge in [0.05, 0.1) is 6.10 Å². The molecule has 0 unspecified atom stereocenters. The fourth-order valence-electron chi connectivity index (χ4n) is 5.67. The average molecular weight is 379 g/mol. The Morgan fingerprint density at radius 1 is 0.556 bits per heavy atom. The van der Waals surface area contributed by atoms with Gasteiger partial charge in [-0.1, -0.05) is 90.9 Å². The summed E-state index contributed by atoms with van der Waals surface area (Å²) in [7, 11) is 0. The quantitative estimate of drug-likeness (QED) is 0.275. The Labute approximate surface area is 171 Å². The number of unbranched alkanes of at least 4 members (excludes halogenated alkanes) is 8. The van der Waals surface area contributed by atoms with Crippen LogP contribution >= 0.6 is 0 Å². The Kier molecular flexibility index (Phi) is 12.8. The topological polar surface area (TPSA) is 9.23 Å². The molecule has 1 nitrogen and oxygen atoms in total. The number of hydrogen-bond donors (Lipinski definition) is 0. The molecule has 0 aliphatic heterocycles. The van der Waals surface area contributed by atoms with Gasteiger partial charge in [-0.15, -0.1) is 0 Å². The van der Waals surface area contributed by atoms with Crippen LogP contribution in [0.3, 0.4) is 0 Å². The van der Waals surface area contributed by atoms with Gasteiger partial charge >= 0.3 is 0 Å². The Morgan fingerprint density at radius 3 is 1.67 bits per heavy atom. The summed E-state index contributed by atoms with van der Waals surface area (Å²) in [5, 5.41) is 0. The molecule has 0 heterocycles. The summed E-state index contributed by atoms with van der Waals surface area (Å²) in [6.07, 6.45) is 27.9. The first-order valence-electron chi connectivity index (χ1n) is 12.9. The van der Waals surface area contributed by atoms with E-state index in [4.69, 9.17) is 4.74 Å². The standard InChI is InChI=1S/C26H50O/c1-3-5-7-9-11-13-23-14-16-24(17-15-23)25-18-20-26(21-19-25)27-22-12-10-8-6-4-2/h23-26H,3-22H2,1-2H3/t23-,24-,25-,26-. The van der Waals surface area contributed by atoms with Crippen molar-refractivity contribution in [2.75, 3.05) is 6.61 Å². The second kappa shape index (κ2) is 14.9. The van der Waals surface area contributed by atoms with E-state index in [0.717, 1.165) is 24.4 Å². The fourth-order valence-corrected chi connectivity index (χ4v) is 5.67. The fraction of sp³-hybridized carbons (Fsp3) is 1.00. The van der Waals surface area contributed by atoms with Crippen molar-refractivity contribution in [3.05, 3.63) is 0 Å². The molecule has 0 aromatic heterocycles. The summed E-state index contributed by atoms with van der Waals surface area (Å²) in [6.45, 7) is 5.62. The Hall–Kier alpha value is -0.0400. The van der Waals surface area contributed by atoms with E-state index in [1.165, 1.54) is 122 Å². The van der Waals surface area contributed by atoms with Gasteiger partial charge in [0.1, 0.15) is 0 Å². The molecule has 1 heteroatoms. The molecule has 2 aliphatic rings. The molecule has 0 amide bonds. The zero-order valence-electron chi connectivity index (χ0n) is 18.9. The zero-order valence-corrected chi connectivity index (χ0v) is 18.9. The van der Waals surface area contributed by atoms with Crippen LogP contribution in [-0.2, 0) is 4.74 Å². The van der Waals surface area contributed by atoms with Crippen LogP contribution in [-0.4, -0.2) is 12.7 Å². The van der Waals surface area contributed by atoms with E-state index in [0.29, 0.717) is 6.10 Å². The number of rotatable bonds is 14. The van der Waals surface area contributed by atoms with Gasteiger partial charge in [0.15, 0.2) is 0 Å². The number of ether oxygens (including phenoxy) is 1. The molecule has 0 saturated heterocycles. The summed E-state index contributed by atoms with van der Waals surface area (Å²) >= 11 is 0. The monoisotopic (exact) mass is 378 g/mol. The van der Waals surface area contributed by atoms with E-state index in [9.17, 15) is 0 Å². The largest absolute Gasteiger partial charge is 0.378 e. The van der Waals surface area contributed by atoms with Gasteiger partial charge < -0.3 is 4.74 Å². The average Bonchev–Trinajstić information content (AvgIpc) is 2.71. The lowest BCUT2D eigenvalue weighted by Gasteiger charge is -2.38.